The van der Waals surface area contributed by atoms with Crippen molar-refractivity contribution in [1.82, 2.24) is 9.80 Å². The third-order valence-electron chi connectivity index (χ3n) is 4.59. The highest BCUT2D eigenvalue weighted by Crippen LogP contribution is 2.52. The van der Waals surface area contributed by atoms with Gasteiger partial charge in [0.2, 0.25) is 5.91 Å². The van der Waals surface area contributed by atoms with Crippen molar-refractivity contribution in [2.24, 2.45) is 17.8 Å². The zero-order valence-electron chi connectivity index (χ0n) is 13.0. The highest BCUT2D eigenvalue weighted by atomic mass is 16.5. The maximum absolute atomic E-state index is 12.5. The highest BCUT2D eigenvalue weighted by molar-refractivity contribution is 5.82. The van der Waals surface area contributed by atoms with Gasteiger partial charge in [-0.15, -0.1) is 0 Å². The van der Waals surface area contributed by atoms with E-state index < -0.39 is 0 Å². The summed E-state index contributed by atoms with van der Waals surface area (Å²) in [6.45, 7) is 4.78. The predicted molar refractivity (Wildman–Crippen MR) is 78.7 cm³/mol. The number of ether oxygens (including phenoxy) is 1. The number of likely N-dealkylation sites (tertiary alicyclic amines) is 1. The van der Waals surface area contributed by atoms with Crippen molar-refractivity contribution in [3.8, 4) is 0 Å². The third kappa shape index (κ3) is 3.02. The fourth-order valence-electron chi connectivity index (χ4n) is 3.49. The first-order valence-electron chi connectivity index (χ1n) is 7.74. The van der Waals surface area contributed by atoms with Crippen LogP contribution in [0.15, 0.2) is 23.0 Å². The van der Waals surface area contributed by atoms with Gasteiger partial charge < -0.3 is 14.1 Å². The van der Waals surface area contributed by atoms with Crippen LogP contribution in [0.5, 0.6) is 0 Å². The van der Waals surface area contributed by atoms with E-state index in [2.05, 4.69) is 4.90 Å². The molecule has 1 saturated heterocycles. The summed E-state index contributed by atoms with van der Waals surface area (Å²) in [6.07, 6.45) is 3.28. The van der Waals surface area contributed by atoms with Gasteiger partial charge in [-0.3, -0.25) is 14.5 Å². The molecule has 0 radical (unpaired) electrons. The molecule has 0 spiro atoms. The standard InChI is InChI=1S/C16H22N2O4/c1-3-22-14(19)9-18-7-12-13(8-18)15(12)16(20)17(2)6-11-4-5-21-10-11/h4-5,10,12-13,15H,3,6-9H2,1-2H3/t12-,13+,15?. The minimum absolute atomic E-state index is 0.121. The fraction of sp³-hybridized carbons (Fsp3) is 0.625. The van der Waals surface area contributed by atoms with Crippen LogP contribution in [-0.4, -0.2) is 55.0 Å². The molecule has 2 aliphatic rings. The Kier molecular flexibility index (Phi) is 4.20. The van der Waals surface area contributed by atoms with E-state index in [1.54, 1.807) is 17.4 Å². The molecule has 1 unspecified atom stereocenters. The van der Waals surface area contributed by atoms with Gasteiger partial charge in [0, 0.05) is 38.2 Å². The first kappa shape index (κ1) is 15.1. The number of fused-ring (bicyclic) bond motifs is 1. The average Bonchev–Trinajstić information content (AvgIpc) is 2.86. The molecule has 0 aromatic carbocycles. The molecule has 6 heteroatoms. The van der Waals surface area contributed by atoms with Crippen molar-refractivity contribution >= 4 is 11.9 Å². The summed E-state index contributed by atoms with van der Waals surface area (Å²) in [4.78, 5) is 27.8. The second-order valence-corrected chi connectivity index (χ2v) is 6.18. The number of esters is 1. The Balaban J connectivity index is 1.45. The molecule has 1 aromatic heterocycles. The van der Waals surface area contributed by atoms with E-state index >= 15 is 0 Å². The van der Waals surface area contributed by atoms with E-state index in [-0.39, 0.29) is 17.8 Å². The molecule has 0 bridgehead atoms. The van der Waals surface area contributed by atoms with Crippen LogP contribution in [0.25, 0.3) is 0 Å². The summed E-state index contributed by atoms with van der Waals surface area (Å²) in [5.74, 6) is 0.938. The van der Waals surface area contributed by atoms with Crippen LogP contribution in [0, 0.1) is 17.8 Å². The largest absolute Gasteiger partial charge is 0.472 e. The first-order valence-corrected chi connectivity index (χ1v) is 7.74. The number of piperidine rings is 1. The van der Waals surface area contributed by atoms with Crippen LogP contribution in [0.1, 0.15) is 12.5 Å². The van der Waals surface area contributed by atoms with Gasteiger partial charge >= 0.3 is 5.97 Å². The summed E-state index contributed by atoms with van der Waals surface area (Å²) in [7, 11) is 1.83. The van der Waals surface area contributed by atoms with Gasteiger partial charge in [0.15, 0.2) is 0 Å². The van der Waals surface area contributed by atoms with Crippen molar-refractivity contribution < 1.29 is 18.7 Å². The number of hydrogen-bond donors (Lipinski definition) is 0. The van der Waals surface area contributed by atoms with Crippen molar-refractivity contribution in [2.75, 3.05) is 33.3 Å². The monoisotopic (exact) mass is 306 g/mol. The Bertz CT molecular complexity index is 530. The summed E-state index contributed by atoms with van der Waals surface area (Å²) in [5.41, 5.74) is 1.01. The molecule has 120 valence electrons. The minimum Gasteiger partial charge on any atom is -0.472 e. The zero-order valence-corrected chi connectivity index (χ0v) is 13.0. The van der Waals surface area contributed by atoms with E-state index in [0.29, 0.717) is 31.5 Å². The smallest absolute Gasteiger partial charge is 0.320 e. The van der Waals surface area contributed by atoms with E-state index in [1.807, 2.05) is 20.0 Å². The van der Waals surface area contributed by atoms with Crippen molar-refractivity contribution in [2.45, 2.75) is 13.5 Å². The second-order valence-electron chi connectivity index (χ2n) is 6.18. The quantitative estimate of drug-likeness (QED) is 0.733. The van der Waals surface area contributed by atoms with Crippen molar-refractivity contribution in [1.29, 1.82) is 0 Å². The summed E-state index contributed by atoms with van der Waals surface area (Å²) < 4.78 is 9.99. The third-order valence-corrected chi connectivity index (χ3v) is 4.59. The molecule has 3 rings (SSSR count). The van der Waals surface area contributed by atoms with E-state index in [4.69, 9.17) is 9.15 Å². The Morgan fingerprint density at radius 1 is 1.41 bits per heavy atom. The lowest BCUT2D eigenvalue weighted by Gasteiger charge is -2.21. The Morgan fingerprint density at radius 3 is 2.73 bits per heavy atom. The molecular weight excluding hydrogens is 284 g/mol. The van der Waals surface area contributed by atoms with Gasteiger partial charge in [-0.2, -0.15) is 0 Å². The fourth-order valence-corrected chi connectivity index (χ4v) is 3.49. The number of hydrogen-bond acceptors (Lipinski definition) is 5. The topological polar surface area (TPSA) is 63.0 Å². The first-order chi connectivity index (χ1) is 10.6. The second kappa shape index (κ2) is 6.12. The van der Waals surface area contributed by atoms with Crippen LogP contribution in [-0.2, 0) is 20.9 Å². The Morgan fingerprint density at radius 2 is 2.14 bits per heavy atom. The number of rotatable bonds is 6. The summed E-state index contributed by atoms with van der Waals surface area (Å²) in [6, 6.07) is 1.87. The lowest BCUT2D eigenvalue weighted by atomic mass is 10.2. The van der Waals surface area contributed by atoms with Crippen molar-refractivity contribution in [3.63, 3.8) is 0 Å². The van der Waals surface area contributed by atoms with Crippen molar-refractivity contribution in [3.05, 3.63) is 24.2 Å². The van der Waals surface area contributed by atoms with Crippen LogP contribution >= 0.6 is 0 Å². The number of amides is 1. The lowest BCUT2D eigenvalue weighted by Crippen LogP contribution is -2.35. The maximum atomic E-state index is 12.5. The number of carbonyl (C=O) groups is 2. The molecule has 1 aromatic rings. The van der Waals surface area contributed by atoms with Crippen LogP contribution in [0.2, 0.25) is 0 Å². The van der Waals surface area contributed by atoms with Gasteiger partial charge in [-0.1, -0.05) is 0 Å². The van der Waals surface area contributed by atoms with E-state index in [1.165, 1.54) is 0 Å². The normalized spacial score (nSPS) is 26.5. The predicted octanol–water partition coefficient (Wildman–Crippen LogP) is 0.979. The summed E-state index contributed by atoms with van der Waals surface area (Å²) >= 11 is 0. The van der Waals surface area contributed by atoms with Crippen LogP contribution in [0.3, 0.4) is 0 Å². The molecule has 2 fully saturated rings. The zero-order chi connectivity index (χ0) is 15.7. The molecule has 1 aliphatic heterocycles. The average molecular weight is 306 g/mol. The molecular formula is C16H22N2O4. The Hall–Kier alpha value is -1.82. The van der Waals surface area contributed by atoms with Gasteiger partial charge in [0.25, 0.3) is 0 Å². The van der Waals surface area contributed by atoms with E-state index in [9.17, 15) is 9.59 Å². The van der Waals surface area contributed by atoms with Gasteiger partial charge in [0.05, 0.1) is 25.7 Å². The Labute approximate surface area is 130 Å². The SMILES string of the molecule is CCOC(=O)CN1C[C@@H]2C(C(=O)N(C)Cc3ccoc3)[C@@H]2C1. The molecule has 0 N–H and O–H groups in total. The van der Waals surface area contributed by atoms with Gasteiger partial charge in [-0.05, 0) is 24.8 Å². The van der Waals surface area contributed by atoms with E-state index in [0.717, 1.165) is 18.7 Å². The molecule has 1 aliphatic carbocycles. The summed E-state index contributed by atoms with van der Waals surface area (Å²) in [5, 5.41) is 0. The minimum atomic E-state index is -0.177. The molecule has 6 nitrogen and oxygen atoms in total. The maximum Gasteiger partial charge on any atom is 0.320 e. The highest BCUT2D eigenvalue weighted by Gasteiger charge is 2.59. The molecule has 22 heavy (non-hydrogen) atoms. The molecule has 2 heterocycles. The number of nitrogens with zero attached hydrogens (tertiary/aromatic N) is 2. The molecule has 1 saturated carbocycles. The van der Waals surface area contributed by atoms with Gasteiger partial charge in [-0.25, -0.2) is 0 Å². The van der Waals surface area contributed by atoms with Gasteiger partial charge in [0.1, 0.15) is 0 Å². The molecule has 3 atom stereocenters. The van der Waals surface area contributed by atoms with Crippen LogP contribution in [0.4, 0.5) is 0 Å². The molecule has 1 amide bonds. The number of furan rings is 1. The van der Waals surface area contributed by atoms with Crippen LogP contribution < -0.4 is 0 Å². The number of carbonyl (C=O) groups excluding carboxylic acids is 2. The lowest BCUT2D eigenvalue weighted by molar-refractivity contribution is -0.144.